The summed E-state index contributed by atoms with van der Waals surface area (Å²) in [6.45, 7) is 17.7. The molecule has 3 nitrogen and oxygen atoms in total. The van der Waals surface area contributed by atoms with Crippen molar-refractivity contribution < 1.29 is 4.74 Å². The van der Waals surface area contributed by atoms with Gasteiger partial charge in [-0.15, -0.1) is 0 Å². The zero-order valence-corrected chi connectivity index (χ0v) is 13.9. The fourth-order valence-electron chi connectivity index (χ4n) is 3.13. The lowest BCUT2D eigenvalue weighted by molar-refractivity contribution is -0.180. The molecule has 1 saturated heterocycles. The summed E-state index contributed by atoms with van der Waals surface area (Å²) >= 11 is 0. The van der Waals surface area contributed by atoms with Gasteiger partial charge in [0.15, 0.2) is 0 Å². The largest absolute Gasteiger partial charge is 0.367 e. The summed E-state index contributed by atoms with van der Waals surface area (Å²) in [5.41, 5.74) is -0.0259. The van der Waals surface area contributed by atoms with Gasteiger partial charge in [-0.2, -0.15) is 0 Å². The van der Waals surface area contributed by atoms with E-state index in [1.807, 2.05) is 0 Å². The Morgan fingerprint density at radius 3 is 2.11 bits per heavy atom. The predicted molar refractivity (Wildman–Crippen MR) is 82.7 cm³/mol. The van der Waals surface area contributed by atoms with Gasteiger partial charge < -0.3 is 10.1 Å². The fourth-order valence-corrected chi connectivity index (χ4v) is 3.13. The van der Waals surface area contributed by atoms with Crippen molar-refractivity contribution in [1.82, 2.24) is 10.2 Å². The third-order valence-electron chi connectivity index (χ3n) is 3.47. The molecule has 0 radical (unpaired) electrons. The Kier molecular flexibility index (Phi) is 6.28. The van der Waals surface area contributed by atoms with E-state index in [1.165, 1.54) is 25.8 Å². The van der Waals surface area contributed by atoms with Crippen LogP contribution in [-0.4, -0.2) is 48.3 Å². The maximum Gasteiger partial charge on any atom is 0.0760 e. The van der Waals surface area contributed by atoms with Gasteiger partial charge in [-0.3, -0.25) is 4.90 Å². The maximum atomic E-state index is 6.11. The monoisotopic (exact) mass is 270 g/mol. The minimum atomic E-state index is -0.0129. The Balaban J connectivity index is 2.18. The van der Waals surface area contributed by atoms with Crippen molar-refractivity contribution in [2.24, 2.45) is 0 Å². The van der Waals surface area contributed by atoms with E-state index in [1.54, 1.807) is 0 Å². The predicted octanol–water partition coefficient (Wildman–Crippen LogP) is 3.04. The highest BCUT2D eigenvalue weighted by Gasteiger charge is 2.37. The molecule has 1 aliphatic rings. The lowest BCUT2D eigenvalue weighted by Crippen LogP contribution is -2.57. The molecule has 1 heterocycles. The lowest BCUT2D eigenvalue weighted by atomic mass is 9.98. The number of hydrogen-bond acceptors (Lipinski definition) is 3. The van der Waals surface area contributed by atoms with E-state index in [0.29, 0.717) is 6.04 Å². The number of nitrogens with zero attached hydrogens (tertiary/aromatic N) is 1. The topological polar surface area (TPSA) is 24.5 Å². The Morgan fingerprint density at radius 1 is 1.00 bits per heavy atom. The number of morpholine rings is 1. The molecule has 1 N–H and O–H groups in total. The first-order chi connectivity index (χ1) is 8.70. The van der Waals surface area contributed by atoms with Crippen molar-refractivity contribution >= 4 is 0 Å². The van der Waals surface area contributed by atoms with Gasteiger partial charge in [-0.1, -0.05) is 20.3 Å². The van der Waals surface area contributed by atoms with Crippen LogP contribution in [0.1, 0.15) is 60.8 Å². The van der Waals surface area contributed by atoms with E-state index in [4.69, 9.17) is 4.74 Å². The van der Waals surface area contributed by atoms with Crippen LogP contribution in [0, 0.1) is 0 Å². The van der Waals surface area contributed by atoms with Crippen LogP contribution in [0.15, 0.2) is 0 Å². The molecule has 0 bridgehead atoms. The van der Waals surface area contributed by atoms with Gasteiger partial charge in [0.2, 0.25) is 0 Å². The molecule has 0 amide bonds. The number of ether oxygens (including phenoxy) is 1. The molecule has 19 heavy (non-hydrogen) atoms. The molecule has 114 valence electrons. The summed E-state index contributed by atoms with van der Waals surface area (Å²) in [4.78, 5) is 2.57. The molecule has 0 aromatic heterocycles. The van der Waals surface area contributed by atoms with Crippen molar-refractivity contribution in [3.63, 3.8) is 0 Å². The highest BCUT2D eigenvalue weighted by Crippen LogP contribution is 2.28. The quantitative estimate of drug-likeness (QED) is 0.720. The van der Waals surface area contributed by atoms with Crippen LogP contribution in [-0.2, 0) is 4.74 Å². The van der Waals surface area contributed by atoms with E-state index >= 15 is 0 Å². The molecule has 0 saturated carbocycles. The van der Waals surface area contributed by atoms with Crippen LogP contribution >= 0.6 is 0 Å². The van der Waals surface area contributed by atoms with E-state index in [0.717, 1.165) is 19.6 Å². The number of nitrogens with one attached hydrogen (secondary N) is 1. The summed E-state index contributed by atoms with van der Waals surface area (Å²) in [5.74, 6) is 0. The van der Waals surface area contributed by atoms with Crippen molar-refractivity contribution in [3.8, 4) is 0 Å². The second-order valence-corrected chi connectivity index (χ2v) is 7.50. The molecule has 0 atom stereocenters. The molecule has 3 heteroatoms. The van der Waals surface area contributed by atoms with Gasteiger partial charge >= 0.3 is 0 Å². The van der Waals surface area contributed by atoms with Gasteiger partial charge in [0.05, 0.1) is 11.2 Å². The maximum absolute atomic E-state index is 6.11. The SMILES string of the molecule is CC(C)NCCCCCN1CC(C)(C)OC(C)(C)C1. The summed E-state index contributed by atoms with van der Waals surface area (Å²) in [5, 5.41) is 3.48. The average molecular weight is 270 g/mol. The minimum absolute atomic E-state index is 0.0129. The van der Waals surface area contributed by atoms with Gasteiger partial charge in [-0.05, 0) is 53.6 Å². The third-order valence-corrected chi connectivity index (χ3v) is 3.47. The van der Waals surface area contributed by atoms with Crippen molar-refractivity contribution in [2.45, 2.75) is 78.0 Å². The Labute approximate surface area is 120 Å². The lowest BCUT2D eigenvalue weighted by Gasteiger charge is -2.47. The molecule has 1 aliphatic heterocycles. The van der Waals surface area contributed by atoms with Crippen LogP contribution in [0.4, 0.5) is 0 Å². The second-order valence-electron chi connectivity index (χ2n) is 7.50. The zero-order chi connectivity index (χ0) is 14.5. The van der Waals surface area contributed by atoms with Crippen LogP contribution in [0.25, 0.3) is 0 Å². The van der Waals surface area contributed by atoms with Crippen LogP contribution < -0.4 is 5.32 Å². The van der Waals surface area contributed by atoms with Crippen molar-refractivity contribution in [2.75, 3.05) is 26.2 Å². The first kappa shape index (κ1) is 16.9. The van der Waals surface area contributed by atoms with E-state index < -0.39 is 0 Å². The number of rotatable bonds is 7. The van der Waals surface area contributed by atoms with Gasteiger partial charge in [-0.25, -0.2) is 0 Å². The average Bonchev–Trinajstić information content (AvgIpc) is 2.18. The summed E-state index contributed by atoms with van der Waals surface area (Å²) in [7, 11) is 0. The van der Waals surface area contributed by atoms with E-state index in [2.05, 4.69) is 51.8 Å². The number of hydrogen-bond donors (Lipinski definition) is 1. The highest BCUT2D eigenvalue weighted by molar-refractivity contribution is 4.88. The van der Waals surface area contributed by atoms with E-state index in [-0.39, 0.29) is 11.2 Å². The zero-order valence-electron chi connectivity index (χ0n) is 13.9. The highest BCUT2D eigenvalue weighted by atomic mass is 16.5. The first-order valence-corrected chi connectivity index (χ1v) is 7.86. The number of unbranched alkanes of at least 4 members (excludes halogenated alkanes) is 2. The Morgan fingerprint density at radius 2 is 1.58 bits per heavy atom. The van der Waals surface area contributed by atoms with Gasteiger partial charge in [0.25, 0.3) is 0 Å². The molecular formula is C16H34N2O. The summed E-state index contributed by atoms with van der Waals surface area (Å²) in [6, 6.07) is 0.612. The molecular weight excluding hydrogens is 236 g/mol. The molecule has 0 aliphatic carbocycles. The van der Waals surface area contributed by atoms with Gasteiger partial charge in [0.1, 0.15) is 0 Å². The Bertz CT molecular complexity index is 245. The van der Waals surface area contributed by atoms with Crippen molar-refractivity contribution in [1.29, 1.82) is 0 Å². The van der Waals surface area contributed by atoms with Crippen molar-refractivity contribution in [3.05, 3.63) is 0 Å². The molecule has 0 unspecified atom stereocenters. The smallest absolute Gasteiger partial charge is 0.0760 e. The standard InChI is InChI=1S/C16H34N2O/c1-14(2)17-10-8-7-9-11-18-12-15(3,4)19-16(5,6)13-18/h14,17H,7-13H2,1-6H3. The summed E-state index contributed by atoms with van der Waals surface area (Å²) < 4.78 is 6.11. The third kappa shape index (κ3) is 7.28. The molecule has 1 fully saturated rings. The minimum Gasteiger partial charge on any atom is -0.367 e. The van der Waals surface area contributed by atoms with Crippen LogP contribution in [0.3, 0.4) is 0 Å². The summed E-state index contributed by atoms with van der Waals surface area (Å²) in [6.07, 6.45) is 3.90. The van der Waals surface area contributed by atoms with Crippen LogP contribution in [0.2, 0.25) is 0 Å². The molecule has 0 spiro atoms. The first-order valence-electron chi connectivity index (χ1n) is 7.86. The van der Waals surface area contributed by atoms with Gasteiger partial charge in [0, 0.05) is 19.1 Å². The molecule has 0 aromatic carbocycles. The molecule has 0 aromatic rings. The fraction of sp³-hybridized carbons (Fsp3) is 1.00. The van der Waals surface area contributed by atoms with Crippen LogP contribution in [0.5, 0.6) is 0 Å². The molecule has 1 rings (SSSR count). The second kappa shape index (κ2) is 7.05. The van der Waals surface area contributed by atoms with E-state index in [9.17, 15) is 0 Å². The normalized spacial score (nSPS) is 22.9. The Hall–Kier alpha value is -0.120.